The number of rotatable bonds is 6. The average Bonchev–Trinajstić information content (AvgIpc) is 3.12. The number of nitrogens with zero attached hydrogens (tertiary/aromatic N) is 2. The summed E-state index contributed by atoms with van der Waals surface area (Å²) in [5.74, 6) is 1.76. The molecule has 0 aromatic heterocycles. The third-order valence-electron chi connectivity index (χ3n) is 3.77. The summed E-state index contributed by atoms with van der Waals surface area (Å²) in [6.45, 7) is 9.78. The quantitative estimate of drug-likeness (QED) is 0.421. The maximum Gasteiger partial charge on any atom is 0.191 e. The van der Waals surface area contributed by atoms with Crippen LogP contribution in [0.15, 0.2) is 4.99 Å². The van der Waals surface area contributed by atoms with Crippen LogP contribution in [0.25, 0.3) is 0 Å². The molecule has 1 aliphatic heterocycles. The van der Waals surface area contributed by atoms with E-state index in [-0.39, 0.29) is 24.0 Å². The number of likely N-dealkylation sites (tertiary alicyclic amines) is 1. The highest BCUT2D eigenvalue weighted by atomic mass is 127. The van der Waals surface area contributed by atoms with Crippen LogP contribution >= 0.6 is 24.0 Å². The first kappa shape index (κ1) is 17.0. The number of halogens is 1. The largest absolute Gasteiger partial charge is 0.357 e. The summed E-state index contributed by atoms with van der Waals surface area (Å²) in [5, 5.41) is 6.68. The van der Waals surface area contributed by atoms with Crippen LogP contribution in [-0.4, -0.2) is 49.6 Å². The molecule has 2 N–H and O–H groups in total. The van der Waals surface area contributed by atoms with Crippen molar-refractivity contribution in [3.05, 3.63) is 0 Å². The molecule has 0 aromatic carbocycles. The van der Waals surface area contributed by atoms with Gasteiger partial charge in [0.15, 0.2) is 5.96 Å². The Morgan fingerprint density at radius 1 is 1.21 bits per heavy atom. The first-order chi connectivity index (χ1) is 8.83. The van der Waals surface area contributed by atoms with Crippen LogP contribution in [0.3, 0.4) is 0 Å². The summed E-state index contributed by atoms with van der Waals surface area (Å²) in [6, 6.07) is 0.922. The lowest BCUT2D eigenvalue weighted by Crippen LogP contribution is -2.38. The number of aliphatic imine (C=N–C) groups is 1. The molecule has 1 aliphatic carbocycles. The van der Waals surface area contributed by atoms with Gasteiger partial charge in [0.1, 0.15) is 0 Å². The summed E-state index contributed by atoms with van der Waals surface area (Å²) in [4.78, 5) is 7.37. The van der Waals surface area contributed by atoms with E-state index in [4.69, 9.17) is 4.99 Å². The summed E-state index contributed by atoms with van der Waals surface area (Å²) >= 11 is 0. The fourth-order valence-corrected chi connectivity index (χ4v) is 2.59. The van der Waals surface area contributed by atoms with Crippen molar-refractivity contribution in [2.45, 2.75) is 45.6 Å². The van der Waals surface area contributed by atoms with E-state index in [0.29, 0.717) is 0 Å². The van der Waals surface area contributed by atoms with E-state index in [1.807, 2.05) is 0 Å². The lowest BCUT2D eigenvalue weighted by molar-refractivity contribution is 0.315. The van der Waals surface area contributed by atoms with Crippen LogP contribution in [0.1, 0.15) is 39.5 Å². The van der Waals surface area contributed by atoms with Gasteiger partial charge in [-0.05, 0) is 45.1 Å². The molecule has 19 heavy (non-hydrogen) atoms. The molecule has 112 valence electrons. The summed E-state index contributed by atoms with van der Waals surface area (Å²) in [5.41, 5.74) is 0. The zero-order valence-corrected chi connectivity index (χ0v) is 14.7. The monoisotopic (exact) mass is 380 g/mol. The highest BCUT2D eigenvalue weighted by Crippen LogP contribution is 2.31. The SMILES string of the molecule is CCCNC(=NCC1CCN(C2CC2)C1)NCC.I. The van der Waals surface area contributed by atoms with Crippen molar-refractivity contribution in [1.82, 2.24) is 15.5 Å². The van der Waals surface area contributed by atoms with Gasteiger partial charge < -0.3 is 15.5 Å². The highest BCUT2D eigenvalue weighted by molar-refractivity contribution is 14.0. The molecule has 2 aliphatic rings. The molecule has 0 bridgehead atoms. The minimum absolute atomic E-state index is 0. The van der Waals surface area contributed by atoms with Crippen molar-refractivity contribution in [2.24, 2.45) is 10.9 Å². The van der Waals surface area contributed by atoms with Gasteiger partial charge in [-0.3, -0.25) is 4.99 Å². The Bertz CT molecular complexity index is 279. The van der Waals surface area contributed by atoms with Gasteiger partial charge in [-0.1, -0.05) is 6.92 Å². The molecule has 1 atom stereocenters. The van der Waals surface area contributed by atoms with Gasteiger partial charge in [-0.2, -0.15) is 0 Å². The third kappa shape index (κ3) is 5.85. The fraction of sp³-hybridized carbons (Fsp3) is 0.929. The standard InChI is InChI=1S/C14H28N4.HI/c1-3-8-16-14(15-4-2)17-10-12-7-9-18(11-12)13-5-6-13;/h12-13H,3-11H2,1-2H3,(H2,15,16,17);1H. The average molecular weight is 380 g/mol. The number of nitrogens with one attached hydrogen (secondary N) is 2. The Hall–Kier alpha value is -0.0400. The van der Waals surface area contributed by atoms with Crippen molar-refractivity contribution in [2.75, 3.05) is 32.7 Å². The first-order valence-electron chi connectivity index (χ1n) is 7.59. The minimum atomic E-state index is 0. The predicted molar refractivity (Wildman–Crippen MR) is 92.4 cm³/mol. The molecule has 4 nitrogen and oxygen atoms in total. The molecule has 1 heterocycles. The van der Waals surface area contributed by atoms with Crippen LogP contribution in [0, 0.1) is 5.92 Å². The molecule has 1 unspecified atom stereocenters. The summed E-state index contributed by atoms with van der Waals surface area (Å²) < 4.78 is 0. The van der Waals surface area contributed by atoms with Crippen LogP contribution in [-0.2, 0) is 0 Å². The second kappa shape index (κ2) is 9.00. The van der Waals surface area contributed by atoms with Gasteiger partial charge in [0, 0.05) is 32.2 Å². The lowest BCUT2D eigenvalue weighted by atomic mass is 10.1. The Morgan fingerprint density at radius 3 is 2.63 bits per heavy atom. The van der Waals surface area contributed by atoms with Gasteiger partial charge in [0.05, 0.1) is 0 Å². The molecular weight excluding hydrogens is 351 g/mol. The Balaban J connectivity index is 0.00000180. The molecule has 2 rings (SSSR count). The van der Waals surface area contributed by atoms with E-state index in [1.165, 1.54) is 32.4 Å². The van der Waals surface area contributed by atoms with E-state index in [0.717, 1.165) is 44.0 Å². The van der Waals surface area contributed by atoms with Gasteiger partial charge >= 0.3 is 0 Å². The van der Waals surface area contributed by atoms with Gasteiger partial charge in [-0.25, -0.2) is 0 Å². The zero-order chi connectivity index (χ0) is 12.8. The van der Waals surface area contributed by atoms with E-state index >= 15 is 0 Å². The van der Waals surface area contributed by atoms with Gasteiger partial charge in [0.2, 0.25) is 0 Å². The second-order valence-corrected chi connectivity index (χ2v) is 5.53. The van der Waals surface area contributed by atoms with Crippen molar-refractivity contribution >= 4 is 29.9 Å². The highest BCUT2D eigenvalue weighted by Gasteiger charge is 2.34. The van der Waals surface area contributed by atoms with Crippen molar-refractivity contribution < 1.29 is 0 Å². The van der Waals surface area contributed by atoms with Gasteiger partial charge in [0.25, 0.3) is 0 Å². The molecule has 1 saturated carbocycles. The van der Waals surface area contributed by atoms with E-state index in [1.54, 1.807) is 0 Å². The smallest absolute Gasteiger partial charge is 0.191 e. The maximum atomic E-state index is 4.71. The molecule has 0 amide bonds. The maximum absolute atomic E-state index is 4.71. The van der Waals surface area contributed by atoms with Crippen molar-refractivity contribution in [3.8, 4) is 0 Å². The molecule has 0 radical (unpaired) electrons. The summed E-state index contributed by atoms with van der Waals surface area (Å²) in [6.07, 6.45) is 5.32. The molecule has 5 heteroatoms. The van der Waals surface area contributed by atoms with E-state index in [9.17, 15) is 0 Å². The van der Waals surface area contributed by atoms with Crippen LogP contribution in [0.2, 0.25) is 0 Å². The number of hydrogen-bond donors (Lipinski definition) is 2. The van der Waals surface area contributed by atoms with E-state index in [2.05, 4.69) is 29.4 Å². The Morgan fingerprint density at radius 2 is 2.00 bits per heavy atom. The summed E-state index contributed by atoms with van der Waals surface area (Å²) in [7, 11) is 0. The Kier molecular flexibility index (Phi) is 8.06. The minimum Gasteiger partial charge on any atom is -0.357 e. The normalized spacial score (nSPS) is 24.1. The fourth-order valence-electron chi connectivity index (χ4n) is 2.59. The molecule has 1 saturated heterocycles. The van der Waals surface area contributed by atoms with Crippen molar-refractivity contribution in [1.29, 1.82) is 0 Å². The third-order valence-corrected chi connectivity index (χ3v) is 3.77. The molecule has 2 fully saturated rings. The topological polar surface area (TPSA) is 39.7 Å². The van der Waals surface area contributed by atoms with Crippen LogP contribution < -0.4 is 10.6 Å². The van der Waals surface area contributed by atoms with Crippen LogP contribution in [0.4, 0.5) is 0 Å². The molecule has 0 aromatic rings. The second-order valence-electron chi connectivity index (χ2n) is 5.53. The van der Waals surface area contributed by atoms with Crippen LogP contribution in [0.5, 0.6) is 0 Å². The molecular formula is C14H29IN4. The zero-order valence-electron chi connectivity index (χ0n) is 12.3. The van der Waals surface area contributed by atoms with Crippen molar-refractivity contribution in [3.63, 3.8) is 0 Å². The lowest BCUT2D eigenvalue weighted by Gasteiger charge is -2.14. The number of guanidine groups is 1. The molecule has 0 spiro atoms. The predicted octanol–water partition coefficient (Wildman–Crippen LogP) is 2.05. The van der Waals surface area contributed by atoms with Gasteiger partial charge in [-0.15, -0.1) is 24.0 Å². The Labute approximate surface area is 134 Å². The first-order valence-corrected chi connectivity index (χ1v) is 7.59. The van der Waals surface area contributed by atoms with E-state index < -0.39 is 0 Å². The number of hydrogen-bond acceptors (Lipinski definition) is 2.